The molecule has 152 valence electrons. The van der Waals surface area contributed by atoms with Gasteiger partial charge in [0, 0.05) is 30.9 Å². The number of fused-ring (bicyclic) bond motifs is 1. The molecule has 1 aliphatic carbocycles. The Morgan fingerprint density at radius 3 is 2.79 bits per heavy atom. The Labute approximate surface area is 176 Å². The van der Waals surface area contributed by atoms with Crippen LogP contribution in [0.3, 0.4) is 0 Å². The van der Waals surface area contributed by atoms with Crippen LogP contribution in [0, 0.1) is 5.92 Å². The van der Waals surface area contributed by atoms with Crippen LogP contribution < -0.4 is 10.2 Å². The maximum absolute atomic E-state index is 12.5. The number of benzene rings is 1. The monoisotopic (exact) mass is 408 g/mol. The molecular formula is C23H28N4OS. The van der Waals surface area contributed by atoms with E-state index in [1.165, 1.54) is 29.7 Å². The number of hydrogen-bond acceptors (Lipinski definition) is 5. The number of aromatic nitrogens is 2. The largest absolute Gasteiger partial charge is 0.359 e. The van der Waals surface area contributed by atoms with Crippen molar-refractivity contribution in [3.05, 3.63) is 42.7 Å². The molecule has 2 unspecified atom stereocenters. The Morgan fingerprint density at radius 1 is 1.21 bits per heavy atom. The van der Waals surface area contributed by atoms with Crippen molar-refractivity contribution in [1.82, 2.24) is 15.3 Å². The fraction of sp³-hybridized carbons (Fsp3) is 0.435. The van der Waals surface area contributed by atoms with E-state index in [0.29, 0.717) is 24.9 Å². The van der Waals surface area contributed by atoms with Gasteiger partial charge in [-0.2, -0.15) is 0 Å². The van der Waals surface area contributed by atoms with E-state index in [9.17, 15) is 4.79 Å². The van der Waals surface area contributed by atoms with E-state index in [1.54, 1.807) is 17.7 Å². The maximum Gasteiger partial charge on any atom is 0.222 e. The van der Waals surface area contributed by atoms with E-state index in [2.05, 4.69) is 45.3 Å². The zero-order valence-corrected chi connectivity index (χ0v) is 17.9. The second-order valence-electron chi connectivity index (χ2n) is 8.00. The van der Waals surface area contributed by atoms with Gasteiger partial charge in [0.25, 0.3) is 0 Å². The second kappa shape index (κ2) is 8.91. The molecule has 1 fully saturated rings. The van der Waals surface area contributed by atoms with E-state index < -0.39 is 0 Å². The van der Waals surface area contributed by atoms with Gasteiger partial charge in [0.2, 0.25) is 5.91 Å². The predicted octanol–water partition coefficient (Wildman–Crippen LogP) is 4.88. The lowest BCUT2D eigenvalue weighted by Gasteiger charge is -2.29. The highest BCUT2D eigenvalue weighted by Gasteiger charge is 2.23. The van der Waals surface area contributed by atoms with E-state index in [-0.39, 0.29) is 5.91 Å². The molecule has 0 saturated heterocycles. The van der Waals surface area contributed by atoms with Crippen molar-refractivity contribution >= 4 is 33.3 Å². The molecule has 3 aromatic rings. The van der Waals surface area contributed by atoms with Crippen molar-refractivity contribution in [2.75, 3.05) is 18.5 Å². The van der Waals surface area contributed by atoms with Crippen LogP contribution in [-0.2, 0) is 4.79 Å². The normalized spacial score (nSPS) is 19.2. The lowest BCUT2D eigenvalue weighted by atomic mass is 9.86. The minimum atomic E-state index is 0.135. The number of anilines is 1. The van der Waals surface area contributed by atoms with Crippen LogP contribution in [0.25, 0.3) is 20.7 Å². The molecule has 1 saturated carbocycles. The van der Waals surface area contributed by atoms with Gasteiger partial charge >= 0.3 is 0 Å². The number of carbonyl (C=O) groups excluding carboxylic acids is 1. The van der Waals surface area contributed by atoms with E-state index >= 15 is 0 Å². The molecule has 2 aromatic heterocycles. The van der Waals surface area contributed by atoms with Gasteiger partial charge in [-0.1, -0.05) is 50.1 Å². The molecule has 29 heavy (non-hydrogen) atoms. The van der Waals surface area contributed by atoms with Crippen molar-refractivity contribution in [3.8, 4) is 10.4 Å². The number of rotatable bonds is 6. The van der Waals surface area contributed by atoms with Crippen LogP contribution >= 0.6 is 11.3 Å². The van der Waals surface area contributed by atoms with E-state index in [1.807, 2.05) is 25.2 Å². The van der Waals surface area contributed by atoms with Crippen molar-refractivity contribution in [3.63, 3.8) is 0 Å². The smallest absolute Gasteiger partial charge is 0.222 e. The first-order valence-corrected chi connectivity index (χ1v) is 11.2. The molecule has 1 amide bonds. The summed E-state index contributed by atoms with van der Waals surface area (Å²) in [5.41, 5.74) is 1.19. The molecule has 0 aliphatic heterocycles. The number of carbonyl (C=O) groups is 1. The van der Waals surface area contributed by atoms with Gasteiger partial charge in [0.05, 0.1) is 5.39 Å². The van der Waals surface area contributed by atoms with Crippen molar-refractivity contribution in [1.29, 1.82) is 0 Å². The van der Waals surface area contributed by atoms with Crippen molar-refractivity contribution in [2.45, 2.75) is 45.1 Å². The summed E-state index contributed by atoms with van der Waals surface area (Å²) in [5.74, 6) is 1.59. The van der Waals surface area contributed by atoms with Crippen LogP contribution in [0.1, 0.15) is 39.0 Å². The minimum Gasteiger partial charge on any atom is -0.359 e. The van der Waals surface area contributed by atoms with Crippen LogP contribution in [0.2, 0.25) is 0 Å². The molecule has 6 heteroatoms. The van der Waals surface area contributed by atoms with Crippen LogP contribution in [0.4, 0.5) is 5.82 Å². The Bertz CT molecular complexity index is 971. The quantitative estimate of drug-likeness (QED) is 0.632. The molecule has 0 spiro atoms. The standard InChI is InChI=1S/C23H28N4OS/c1-16-8-6-7-11-19(16)26-21(28)12-13-27(2)22-18-14-20(17-9-4-3-5-10-17)29-23(18)25-15-24-22/h3-5,9-10,14-16,19H,6-8,11-13H2,1-2H3,(H,26,28). The molecule has 4 rings (SSSR count). The van der Waals surface area contributed by atoms with Crippen molar-refractivity contribution < 1.29 is 4.79 Å². The van der Waals surface area contributed by atoms with Gasteiger partial charge in [0.15, 0.2) is 0 Å². The maximum atomic E-state index is 12.5. The SMILES string of the molecule is CC1CCCCC1NC(=O)CCN(C)c1ncnc2sc(-c3ccccc3)cc12. The highest BCUT2D eigenvalue weighted by molar-refractivity contribution is 7.21. The number of amides is 1. The summed E-state index contributed by atoms with van der Waals surface area (Å²) in [6.07, 6.45) is 6.91. The summed E-state index contributed by atoms with van der Waals surface area (Å²) in [6, 6.07) is 12.8. The van der Waals surface area contributed by atoms with Crippen LogP contribution in [0.15, 0.2) is 42.7 Å². The summed E-state index contributed by atoms with van der Waals surface area (Å²) in [4.78, 5) is 25.7. The third-order valence-electron chi connectivity index (χ3n) is 5.86. The number of nitrogens with one attached hydrogen (secondary N) is 1. The average Bonchev–Trinajstić information content (AvgIpc) is 3.19. The van der Waals surface area contributed by atoms with Crippen molar-refractivity contribution in [2.24, 2.45) is 5.92 Å². The summed E-state index contributed by atoms with van der Waals surface area (Å²) in [7, 11) is 2.00. The third kappa shape index (κ3) is 4.58. The molecular weight excluding hydrogens is 380 g/mol. The summed E-state index contributed by atoms with van der Waals surface area (Å²) >= 11 is 1.67. The highest BCUT2D eigenvalue weighted by atomic mass is 32.1. The molecule has 2 atom stereocenters. The van der Waals surface area contributed by atoms with Crippen LogP contribution in [-0.4, -0.2) is 35.5 Å². The summed E-state index contributed by atoms with van der Waals surface area (Å²) in [5, 5.41) is 4.28. The molecule has 1 aromatic carbocycles. The van der Waals surface area contributed by atoms with Gasteiger partial charge in [-0.15, -0.1) is 11.3 Å². The van der Waals surface area contributed by atoms with E-state index in [0.717, 1.165) is 22.5 Å². The first-order chi connectivity index (χ1) is 14.1. The number of thiophene rings is 1. The van der Waals surface area contributed by atoms with Crippen LogP contribution in [0.5, 0.6) is 0 Å². The fourth-order valence-electron chi connectivity index (χ4n) is 4.08. The molecule has 1 N–H and O–H groups in total. The molecule has 2 heterocycles. The molecule has 1 aliphatic rings. The van der Waals surface area contributed by atoms with E-state index in [4.69, 9.17) is 0 Å². The van der Waals surface area contributed by atoms with Gasteiger partial charge in [-0.05, 0) is 30.4 Å². The Morgan fingerprint density at radius 2 is 2.00 bits per heavy atom. The number of hydrogen-bond donors (Lipinski definition) is 1. The van der Waals surface area contributed by atoms with Gasteiger partial charge in [0.1, 0.15) is 17.0 Å². The zero-order valence-electron chi connectivity index (χ0n) is 17.1. The van der Waals surface area contributed by atoms with Gasteiger partial charge in [-0.25, -0.2) is 9.97 Å². The lowest BCUT2D eigenvalue weighted by molar-refractivity contribution is -0.122. The Kier molecular flexibility index (Phi) is 6.09. The summed E-state index contributed by atoms with van der Waals surface area (Å²) < 4.78 is 0. The van der Waals surface area contributed by atoms with Gasteiger partial charge in [-0.3, -0.25) is 4.79 Å². The minimum absolute atomic E-state index is 0.135. The number of nitrogens with zero attached hydrogens (tertiary/aromatic N) is 3. The first-order valence-electron chi connectivity index (χ1n) is 10.4. The predicted molar refractivity (Wildman–Crippen MR) is 120 cm³/mol. The zero-order chi connectivity index (χ0) is 20.2. The average molecular weight is 409 g/mol. The second-order valence-corrected chi connectivity index (χ2v) is 9.03. The highest BCUT2D eigenvalue weighted by Crippen LogP contribution is 2.35. The molecule has 0 radical (unpaired) electrons. The Balaban J connectivity index is 1.43. The summed E-state index contributed by atoms with van der Waals surface area (Å²) in [6.45, 7) is 2.88. The topological polar surface area (TPSA) is 58.1 Å². The lowest BCUT2D eigenvalue weighted by Crippen LogP contribution is -2.42. The first kappa shape index (κ1) is 19.8. The third-order valence-corrected chi connectivity index (χ3v) is 6.95. The van der Waals surface area contributed by atoms with Gasteiger partial charge < -0.3 is 10.2 Å². The fourth-order valence-corrected chi connectivity index (χ4v) is 5.08. The molecule has 0 bridgehead atoms. The Hall–Kier alpha value is -2.47. The molecule has 5 nitrogen and oxygen atoms in total.